The second-order valence-corrected chi connectivity index (χ2v) is 4.37. The molecule has 11 heavy (non-hydrogen) atoms. The molecule has 2 nitrogen and oxygen atoms in total. The van der Waals surface area contributed by atoms with Crippen LogP contribution in [0.15, 0.2) is 0 Å². The molecule has 1 rings (SSSR count). The number of hydrogen-bond donors (Lipinski definition) is 1. The SMILES string of the molecule is CC[C@H]1C(=O)N[C@@H]1C(C)(C)C. The summed E-state index contributed by atoms with van der Waals surface area (Å²) in [4.78, 5) is 11.0. The van der Waals surface area contributed by atoms with Gasteiger partial charge < -0.3 is 5.32 Å². The molecule has 0 spiro atoms. The zero-order valence-corrected chi connectivity index (χ0v) is 7.77. The topological polar surface area (TPSA) is 29.1 Å². The van der Waals surface area contributed by atoms with Crippen molar-refractivity contribution in [3.63, 3.8) is 0 Å². The van der Waals surface area contributed by atoms with Gasteiger partial charge in [0.1, 0.15) is 0 Å². The number of rotatable bonds is 1. The van der Waals surface area contributed by atoms with E-state index in [1.807, 2.05) is 0 Å². The van der Waals surface area contributed by atoms with Gasteiger partial charge in [-0.1, -0.05) is 27.7 Å². The monoisotopic (exact) mass is 155 g/mol. The van der Waals surface area contributed by atoms with Gasteiger partial charge in [0.05, 0.1) is 5.92 Å². The summed E-state index contributed by atoms with van der Waals surface area (Å²) in [5.41, 5.74) is 0.217. The molecule has 0 aromatic rings. The van der Waals surface area contributed by atoms with Gasteiger partial charge in [-0.2, -0.15) is 0 Å². The number of nitrogens with one attached hydrogen (secondary N) is 1. The maximum absolute atomic E-state index is 11.0. The Labute approximate surface area is 68.4 Å². The minimum absolute atomic E-state index is 0.217. The molecule has 1 saturated heterocycles. The second-order valence-electron chi connectivity index (χ2n) is 4.37. The lowest BCUT2D eigenvalue weighted by atomic mass is 9.72. The van der Waals surface area contributed by atoms with Crippen LogP contribution in [0.5, 0.6) is 0 Å². The quantitative estimate of drug-likeness (QED) is 0.572. The van der Waals surface area contributed by atoms with E-state index in [1.165, 1.54) is 0 Å². The maximum atomic E-state index is 11.0. The molecule has 0 aliphatic carbocycles. The first-order valence-corrected chi connectivity index (χ1v) is 4.27. The zero-order chi connectivity index (χ0) is 8.65. The van der Waals surface area contributed by atoms with Gasteiger partial charge in [0.25, 0.3) is 0 Å². The standard InChI is InChI=1S/C9H17NO/c1-5-6-7(9(2,3)4)10-8(6)11/h6-7H,5H2,1-4H3,(H,10,11)/t6-,7+/m1/s1. The minimum atomic E-state index is 0.217. The third-order valence-corrected chi connectivity index (χ3v) is 2.41. The summed E-state index contributed by atoms with van der Waals surface area (Å²) in [6, 6.07) is 0.389. The summed E-state index contributed by atoms with van der Waals surface area (Å²) >= 11 is 0. The van der Waals surface area contributed by atoms with Crippen LogP contribution in [0.1, 0.15) is 34.1 Å². The predicted molar refractivity (Wildman–Crippen MR) is 45.2 cm³/mol. The summed E-state index contributed by atoms with van der Waals surface area (Å²) < 4.78 is 0. The summed E-state index contributed by atoms with van der Waals surface area (Å²) in [5.74, 6) is 0.488. The Hall–Kier alpha value is -0.530. The van der Waals surface area contributed by atoms with Gasteiger partial charge in [-0.05, 0) is 11.8 Å². The molecule has 1 N–H and O–H groups in total. The smallest absolute Gasteiger partial charge is 0.225 e. The van der Waals surface area contributed by atoms with Crippen LogP contribution >= 0.6 is 0 Å². The van der Waals surface area contributed by atoms with Crippen molar-refractivity contribution in [3.05, 3.63) is 0 Å². The Balaban J connectivity index is 2.58. The third kappa shape index (κ3) is 1.39. The molecule has 1 heterocycles. The van der Waals surface area contributed by atoms with Gasteiger partial charge in [0, 0.05) is 6.04 Å². The van der Waals surface area contributed by atoms with E-state index in [1.54, 1.807) is 0 Å². The molecular weight excluding hydrogens is 138 g/mol. The van der Waals surface area contributed by atoms with Crippen molar-refractivity contribution in [1.82, 2.24) is 5.32 Å². The lowest BCUT2D eigenvalue weighted by Gasteiger charge is -2.44. The van der Waals surface area contributed by atoms with E-state index in [4.69, 9.17) is 0 Å². The second kappa shape index (κ2) is 2.50. The van der Waals surface area contributed by atoms with Crippen molar-refractivity contribution < 1.29 is 4.79 Å². The van der Waals surface area contributed by atoms with Gasteiger partial charge in [-0.3, -0.25) is 4.79 Å². The highest BCUT2D eigenvalue weighted by atomic mass is 16.2. The molecule has 0 radical (unpaired) electrons. The summed E-state index contributed by atoms with van der Waals surface area (Å²) in [6.45, 7) is 8.57. The van der Waals surface area contributed by atoms with E-state index in [0.29, 0.717) is 6.04 Å². The Morgan fingerprint density at radius 2 is 2.00 bits per heavy atom. The number of carbonyl (C=O) groups is 1. The third-order valence-electron chi connectivity index (χ3n) is 2.41. The largest absolute Gasteiger partial charge is 0.352 e. The highest BCUT2D eigenvalue weighted by molar-refractivity contribution is 5.86. The van der Waals surface area contributed by atoms with Crippen molar-refractivity contribution in [3.8, 4) is 0 Å². The molecule has 0 saturated carbocycles. The van der Waals surface area contributed by atoms with Crippen molar-refractivity contribution in [1.29, 1.82) is 0 Å². The molecule has 1 fully saturated rings. The highest BCUT2D eigenvalue weighted by Gasteiger charge is 2.44. The van der Waals surface area contributed by atoms with Crippen LogP contribution in [0, 0.1) is 11.3 Å². The molecule has 0 unspecified atom stereocenters. The Kier molecular flexibility index (Phi) is 1.95. The highest BCUT2D eigenvalue weighted by Crippen LogP contribution is 2.32. The first-order valence-electron chi connectivity index (χ1n) is 4.27. The Morgan fingerprint density at radius 1 is 1.45 bits per heavy atom. The van der Waals surface area contributed by atoms with E-state index < -0.39 is 0 Å². The first kappa shape index (κ1) is 8.57. The first-order chi connectivity index (χ1) is 4.96. The van der Waals surface area contributed by atoms with Gasteiger partial charge >= 0.3 is 0 Å². The molecule has 0 aromatic heterocycles. The molecule has 0 bridgehead atoms. The number of β-lactam (4-membered cyclic amide) rings is 1. The summed E-state index contributed by atoms with van der Waals surface area (Å²) in [5, 5.41) is 2.94. The summed E-state index contributed by atoms with van der Waals surface area (Å²) in [6.07, 6.45) is 0.966. The fourth-order valence-corrected chi connectivity index (χ4v) is 1.66. The van der Waals surface area contributed by atoms with E-state index in [9.17, 15) is 4.79 Å². The fourth-order valence-electron chi connectivity index (χ4n) is 1.66. The minimum Gasteiger partial charge on any atom is -0.352 e. The molecular formula is C9H17NO. The van der Waals surface area contributed by atoms with E-state index in [-0.39, 0.29) is 17.2 Å². The van der Waals surface area contributed by atoms with Crippen molar-refractivity contribution >= 4 is 5.91 Å². The van der Waals surface area contributed by atoms with Crippen molar-refractivity contribution in [2.24, 2.45) is 11.3 Å². The number of hydrogen-bond acceptors (Lipinski definition) is 1. The molecule has 1 aliphatic rings. The van der Waals surface area contributed by atoms with Crippen LogP contribution < -0.4 is 5.32 Å². The van der Waals surface area contributed by atoms with Crippen LogP contribution in [-0.4, -0.2) is 11.9 Å². The maximum Gasteiger partial charge on any atom is 0.225 e. The van der Waals surface area contributed by atoms with Crippen molar-refractivity contribution in [2.75, 3.05) is 0 Å². The van der Waals surface area contributed by atoms with Crippen molar-refractivity contribution in [2.45, 2.75) is 40.2 Å². The Morgan fingerprint density at radius 3 is 2.18 bits per heavy atom. The van der Waals surface area contributed by atoms with Crippen LogP contribution in [0.2, 0.25) is 0 Å². The summed E-state index contributed by atoms with van der Waals surface area (Å²) in [7, 11) is 0. The molecule has 64 valence electrons. The molecule has 1 amide bonds. The fraction of sp³-hybridized carbons (Fsp3) is 0.889. The number of amides is 1. The lowest BCUT2D eigenvalue weighted by molar-refractivity contribution is -0.138. The average Bonchev–Trinajstić information content (AvgIpc) is 1.81. The van der Waals surface area contributed by atoms with E-state index >= 15 is 0 Å². The molecule has 1 aliphatic heterocycles. The number of carbonyl (C=O) groups excluding carboxylic acids is 1. The van der Waals surface area contributed by atoms with E-state index in [0.717, 1.165) is 6.42 Å². The van der Waals surface area contributed by atoms with Crippen LogP contribution in [-0.2, 0) is 4.79 Å². The Bertz CT molecular complexity index is 169. The van der Waals surface area contributed by atoms with E-state index in [2.05, 4.69) is 33.0 Å². The lowest BCUT2D eigenvalue weighted by Crippen LogP contribution is -2.63. The van der Waals surface area contributed by atoms with Gasteiger partial charge in [-0.25, -0.2) is 0 Å². The van der Waals surface area contributed by atoms with Gasteiger partial charge in [0.2, 0.25) is 5.91 Å². The average molecular weight is 155 g/mol. The molecule has 0 aromatic carbocycles. The van der Waals surface area contributed by atoms with Gasteiger partial charge in [-0.15, -0.1) is 0 Å². The van der Waals surface area contributed by atoms with Gasteiger partial charge in [0.15, 0.2) is 0 Å². The molecule has 2 heteroatoms. The molecule has 2 atom stereocenters. The van der Waals surface area contributed by atoms with Crippen LogP contribution in [0.3, 0.4) is 0 Å². The predicted octanol–water partition coefficient (Wildman–Crippen LogP) is 1.56. The van der Waals surface area contributed by atoms with Crippen LogP contribution in [0.4, 0.5) is 0 Å². The van der Waals surface area contributed by atoms with Crippen LogP contribution in [0.25, 0.3) is 0 Å². The zero-order valence-electron chi connectivity index (χ0n) is 7.77. The normalized spacial score (nSPS) is 31.1.